The number of carbonyl (C=O) groups is 3. The molecule has 0 bridgehead atoms. The average molecular weight is 464 g/mol. The third kappa shape index (κ3) is 3.31. The number of rotatable bonds is 2. The fourth-order valence-electron chi connectivity index (χ4n) is 5.56. The first-order valence-corrected chi connectivity index (χ1v) is 10.8. The molecule has 5 N–H and O–H groups in total. The van der Waals surface area contributed by atoms with Crippen LogP contribution in [0.15, 0.2) is 41.4 Å². The number of aliphatic hydroxyl groups is 2. The fourth-order valence-corrected chi connectivity index (χ4v) is 5.56. The highest BCUT2D eigenvalue weighted by Gasteiger charge is 2.50. The standard InChI is InChI=1S/C25H22N2O6.H2O/c1-10(28)19-18(30)7-13-5-12-6-16-15(14-8-26-11(2)27-9-14)3-4-17(29)22(16)25(33)20(12)24(32)21(13)23(19)31;/h3-4,8-9,12-13,21,29,31,33H,5-7H2,1-2H3;1H2/t12-,13+,21?;/m1./s1. The van der Waals surface area contributed by atoms with E-state index in [9.17, 15) is 29.7 Å². The van der Waals surface area contributed by atoms with Crippen molar-refractivity contribution in [2.45, 2.75) is 33.1 Å². The van der Waals surface area contributed by atoms with Gasteiger partial charge in [-0.15, -0.1) is 0 Å². The van der Waals surface area contributed by atoms with Crippen LogP contribution in [0.2, 0.25) is 0 Å². The maximum Gasteiger partial charge on any atom is 0.173 e. The number of allylic oxidation sites excluding steroid dienone is 3. The van der Waals surface area contributed by atoms with Crippen LogP contribution in [0.25, 0.3) is 16.9 Å². The highest BCUT2D eigenvalue weighted by Crippen LogP contribution is 2.51. The lowest BCUT2D eigenvalue weighted by atomic mass is 9.61. The molecule has 9 heteroatoms. The molecule has 34 heavy (non-hydrogen) atoms. The van der Waals surface area contributed by atoms with Gasteiger partial charge in [0, 0.05) is 30.0 Å². The zero-order chi connectivity index (χ0) is 23.6. The molecule has 1 aromatic carbocycles. The van der Waals surface area contributed by atoms with Gasteiger partial charge in [0.25, 0.3) is 0 Å². The molecule has 3 aliphatic rings. The van der Waals surface area contributed by atoms with Gasteiger partial charge in [-0.3, -0.25) is 14.4 Å². The number of aromatic nitrogens is 2. The normalized spacial score (nSPS) is 23.6. The van der Waals surface area contributed by atoms with Crippen molar-refractivity contribution in [3.8, 4) is 16.9 Å². The number of hydrogen-bond acceptors (Lipinski definition) is 8. The quantitative estimate of drug-likeness (QED) is 0.569. The molecule has 0 amide bonds. The molecule has 5 rings (SSSR count). The van der Waals surface area contributed by atoms with Gasteiger partial charge in [0.15, 0.2) is 17.3 Å². The maximum atomic E-state index is 13.5. The van der Waals surface area contributed by atoms with Crippen LogP contribution in [-0.4, -0.2) is 48.1 Å². The Bertz CT molecular complexity index is 1310. The predicted octanol–water partition coefficient (Wildman–Crippen LogP) is 2.35. The Morgan fingerprint density at radius 2 is 1.74 bits per heavy atom. The van der Waals surface area contributed by atoms with E-state index in [0.29, 0.717) is 29.8 Å². The largest absolute Gasteiger partial charge is 0.511 e. The number of fused-ring (bicyclic) bond motifs is 3. The summed E-state index contributed by atoms with van der Waals surface area (Å²) in [6.07, 6.45) is 4.07. The second kappa shape index (κ2) is 8.18. The van der Waals surface area contributed by atoms with Gasteiger partial charge >= 0.3 is 0 Å². The third-order valence-electron chi connectivity index (χ3n) is 6.97. The van der Waals surface area contributed by atoms with Crippen LogP contribution in [0.4, 0.5) is 0 Å². The van der Waals surface area contributed by atoms with Gasteiger partial charge in [0.1, 0.15) is 23.1 Å². The summed E-state index contributed by atoms with van der Waals surface area (Å²) in [4.78, 5) is 46.3. The number of ketones is 3. The number of phenols is 1. The molecule has 2 aromatic rings. The van der Waals surface area contributed by atoms with Crippen molar-refractivity contribution in [3.63, 3.8) is 0 Å². The molecule has 9 nitrogen and oxygen atoms in total. The summed E-state index contributed by atoms with van der Waals surface area (Å²) in [6.45, 7) is 2.95. The number of hydrogen-bond donors (Lipinski definition) is 3. The van der Waals surface area contributed by atoms with Crippen LogP contribution in [0.1, 0.15) is 36.7 Å². The second-order valence-electron chi connectivity index (χ2n) is 8.95. The maximum absolute atomic E-state index is 13.5. The van der Waals surface area contributed by atoms with Crippen molar-refractivity contribution in [3.05, 3.63) is 58.4 Å². The SMILES string of the molecule is CC(=O)C1=C(O)C2C(=O)C3=C(O)c4c(O)ccc(-c5cnc(C)nc5)c4C[C@H]3C[C@H]2CC1=O.O. The monoisotopic (exact) mass is 464 g/mol. The van der Waals surface area contributed by atoms with Crippen molar-refractivity contribution in [1.29, 1.82) is 0 Å². The van der Waals surface area contributed by atoms with Crippen molar-refractivity contribution in [2.75, 3.05) is 0 Å². The molecule has 1 aromatic heterocycles. The van der Waals surface area contributed by atoms with Crippen LogP contribution in [0.5, 0.6) is 5.75 Å². The average Bonchev–Trinajstić information content (AvgIpc) is 2.74. The fraction of sp³-hybridized carbons (Fsp3) is 0.320. The van der Waals surface area contributed by atoms with Crippen LogP contribution >= 0.6 is 0 Å². The van der Waals surface area contributed by atoms with E-state index in [2.05, 4.69) is 9.97 Å². The van der Waals surface area contributed by atoms with Crippen molar-refractivity contribution >= 4 is 23.1 Å². The summed E-state index contributed by atoms with van der Waals surface area (Å²) >= 11 is 0. The highest BCUT2D eigenvalue weighted by atomic mass is 16.3. The Morgan fingerprint density at radius 3 is 2.38 bits per heavy atom. The number of nitrogens with zero attached hydrogens (tertiary/aromatic N) is 2. The molecule has 1 saturated carbocycles. The predicted molar refractivity (Wildman–Crippen MR) is 121 cm³/mol. The highest BCUT2D eigenvalue weighted by molar-refractivity contribution is 6.22. The van der Waals surface area contributed by atoms with Gasteiger partial charge in [-0.1, -0.05) is 6.07 Å². The lowest BCUT2D eigenvalue weighted by Crippen LogP contribution is -2.43. The topological polar surface area (TPSA) is 169 Å². The van der Waals surface area contributed by atoms with Crippen molar-refractivity contribution in [2.24, 2.45) is 17.8 Å². The van der Waals surface area contributed by atoms with Crippen molar-refractivity contribution < 1.29 is 35.2 Å². The number of phenolic OH excluding ortho intramolecular Hbond substituents is 1. The van der Waals surface area contributed by atoms with E-state index < -0.39 is 40.9 Å². The number of aliphatic hydroxyl groups excluding tert-OH is 2. The summed E-state index contributed by atoms with van der Waals surface area (Å²) < 4.78 is 0. The smallest absolute Gasteiger partial charge is 0.173 e. The van der Waals surface area contributed by atoms with Crippen LogP contribution < -0.4 is 0 Å². The summed E-state index contributed by atoms with van der Waals surface area (Å²) in [6, 6.07) is 3.18. The van der Waals surface area contributed by atoms with Gasteiger partial charge in [0.05, 0.1) is 17.1 Å². The number of aryl methyl sites for hydroxylation is 1. The minimum absolute atomic E-state index is 0. The molecule has 1 heterocycles. The Labute approximate surface area is 194 Å². The Morgan fingerprint density at radius 1 is 1.06 bits per heavy atom. The molecule has 1 unspecified atom stereocenters. The van der Waals surface area contributed by atoms with Crippen LogP contribution in [-0.2, 0) is 20.8 Å². The number of benzene rings is 1. The molecule has 0 aliphatic heterocycles. The van der Waals surface area contributed by atoms with Crippen LogP contribution in [0.3, 0.4) is 0 Å². The Balaban J connectivity index is 0.00000274. The molecule has 0 saturated heterocycles. The first-order chi connectivity index (χ1) is 15.7. The van der Waals surface area contributed by atoms with E-state index in [0.717, 1.165) is 5.56 Å². The minimum atomic E-state index is -1.05. The van der Waals surface area contributed by atoms with E-state index in [4.69, 9.17) is 0 Å². The summed E-state index contributed by atoms with van der Waals surface area (Å²) in [7, 11) is 0. The Hall–Kier alpha value is -3.85. The molecule has 176 valence electrons. The van der Waals surface area contributed by atoms with Gasteiger partial charge < -0.3 is 20.8 Å². The third-order valence-corrected chi connectivity index (χ3v) is 6.97. The van der Waals surface area contributed by atoms with E-state index in [1.807, 2.05) is 0 Å². The molecule has 3 aliphatic carbocycles. The number of aromatic hydroxyl groups is 1. The van der Waals surface area contributed by atoms with Crippen molar-refractivity contribution in [1.82, 2.24) is 9.97 Å². The summed E-state index contributed by atoms with van der Waals surface area (Å²) in [5, 5.41) is 32.4. The molecular formula is C25H24N2O7. The van der Waals surface area contributed by atoms with E-state index >= 15 is 0 Å². The van der Waals surface area contributed by atoms with Gasteiger partial charge in [-0.2, -0.15) is 0 Å². The lowest BCUT2D eigenvalue weighted by Gasteiger charge is -2.41. The molecule has 3 atom stereocenters. The van der Waals surface area contributed by atoms with E-state index in [1.54, 1.807) is 25.4 Å². The number of Topliss-reactive ketones (excluding diaryl/α,β-unsaturated/α-hetero) is 3. The Kier molecular flexibility index (Phi) is 5.61. The molecule has 0 radical (unpaired) electrons. The molecular weight excluding hydrogens is 440 g/mol. The lowest BCUT2D eigenvalue weighted by molar-refractivity contribution is -0.127. The minimum Gasteiger partial charge on any atom is -0.511 e. The van der Waals surface area contributed by atoms with Crippen LogP contribution in [0, 0.1) is 24.7 Å². The zero-order valence-electron chi connectivity index (χ0n) is 18.6. The second-order valence-corrected chi connectivity index (χ2v) is 8.95. The van der Waals surface area contributed by atoms with Gasteiger partial charge in [0.2, 0.25) is 0 Å². The first kappa shape index (κ1) is 23.3. The van der Waals surface area contributed by atoms with E-state index in [1.165, 1.54) is 13.0 Å². The first-order valence-electron chi connectivity index (χ1n) is 10.8. The zero-order valence-corrected chi connectivity index (χ0v) is 18.6. The molecule has 1 fully saturated rings. The van der Waals surface area contributed by atoms with Gasteiger partial charge in [-0.25, -0.2) is 9.97 Å². The summed E-state index contributed by atoms with van der Waals surface area (Å²) in [5.74, 6) is -3.84. The van der Waals surface area contributed by atoms with Gasteiger partial charge in [-0.05, 0) is 55.7 Å². The van der Waals surface area contributed by atoms with E-state index in [-0.39, 0.29) is 40.1 Å². The summed E-state index contributed by atoms with van der Waals surface area (Å²) in [5.41, 5.74) is 2.10. The number of carbonyl (C=O) groups excluding carboxylic acids is 3. The molecule has 0 spiro atoms.